The molecule has 0 bridgehead atoms. The number of hydrogen-bond donors (Lipinski definition) is 0. The lowest BCUT2D eigenvalue weighted by Crippen LogP contribution is -2.50. The van der Waals surface area contributed by atoms with Crippen molar-refractivity contribution in [1.82, 2.24) is 19.7 Å². The van der Waals surface area contributed by atoms with Crippen molar-refractivity contribution in [2.45, 2.75) is 30.3 Å². The maximum atomic E-state index is 13.0. The second kappa shape index (κ2) is 9.45. The van der Waals surface area contributed by atoms with Gasteiger partial charge in [0.25, 0.3) is 0 Å². The number of anilines is 1. The molecular formula is C21H25N5OS2. The van der Waals surface area contributed by atoms with Gasteiger partial charge in [-0.3, -0.25) is 4.79 Å². The van der Waals surface area contributed by atoms with Crippen LogP contribution in [0.15, 0.2) is 59.3 Å². The SMILES string of the molecule is C[C@@H](Sc1nncn1CCc1cccs1)C(=O)N1CCN(c2ccccc2)CC1. The number of aromatic nitrogens is 3. The van der Waals surface area contributed by atoms with Crippen molar-refractivity contribution in [1.29, 1.82) is 0 Å². The molecule has 2 aromatic heterocycles. The van der Waals surface area contributed by atoms with E-state index in [9.17, 15) is 4.79 Å². The van der Waals surface area contributed by atoms with E-state index in [-0.39, 0.29) is 11.2 Å². The first kappa shape index (κ1) is 20.0. The lowest BCUT2D eigenvalue weighted by Gasteiger charge is -2.37. The summed E-state index contributed by atoms with van der Waals surface area (Å²) in [6.07, 6.45) is 2.71. The van der Waals surface area contributed by atoms with E-state index >= 15 is 0 Å². The Morgan fingerprint density at radius 2 is 1.93 bits per heavy atom. The first-order valence-electron chi connectivity index (χ1n) is 9.86. The summed E-state index contributed by atoms with van der Waals surface area (Å²) in [5.41, 5.74) is 1.22. The van der Waals surface area contributed by atoms with Crippen molar-refractivity contribution in [2.75, 3.05) is 31.1 Å². The van der Waals surface area contributed by atoms with Gasteiger partial charge in [-0.1, -0.05) is 36.0 Å². The van der Waals surface area contributed by atoms with E-state index in [2.05, 4.69) is 56.9 Å². The first-order valence-corrected chi connectivity index (χ1v) is 11.6. The Balaban J connectivity index is 1.30. The number of para-hydroxylation sites is 1. The van der Waals surface area contributed by atoms with Crippen molar-refractivity contribution in [3.05, 3.63) is 59.0 Å². The van der Waals surface area contributed by atoms with E-state index in [0.717, 1.165) is 44.3 Å². The van der Waals surface area contributed by atoms with E-state index in [1.807, 2.05) is 22.5 Å². The zero-order valence-electron chi connectivity index (χ0n) is 16.5. The maximum absolute atomic E-state index is 13.0. The van der Waals surface area contributed by atoms with Crippen LogP contribution in [0, 0.1) is 0 Å². The maximum Gasteiger partial charge on any atom is 0.236 e. The Morgan fingerprint density at radius 1 is 1.14 bits per heavy atom. The van der Waals surface area contributed by atoms with Crippen molar-refractivity contribution >= 4 is 34.7 Å². The molecule has 8 heteroatoms. The number of thioether (sulfide) groups is 1. The molecule has 1 aliphatic rings. The molecule has 29 heavy (non-hydrogen) atoms. The number of carbonyl (C=O) groups is 1. The van der Waals surface area contributed by atoms with Gasteiger partial charge in [-0.2, -0.15) is 0 Å². The second-order valence-electron chi connectivity index (χ2n) is 7.04. The smallest absolute Gasteiger partial charge is 0.236 e. The highest BCUT2D eigenvalue weighted by molar-refractivity contribution is 8.00. The topological polar surface area (TPSA) is 54.3 Å². The lowest BCUT2D eigenvalue weighted by molar-refractivity contribution is -0.130. The van der Waals surface area contributed by atoms with E-state index in [1.165, 1.54) is 22.3 Å². The molecule has 1 aromatic carbocycles. The average molecular weight is 428 g/mol. The molecule has 3 aromatic rings. The highest BCUT2D eigenvalue weighted by atomic mass is 32.2. The van der Waals surface area contributed by atoms with Crippen LogP contribution in [0.5, 0.6) is 0 Å². The number of carbonyl (C=O) groups excluding carboxylic acids is 1. The fourth-order valence-electron chi connectivity index (χ4n) is 3.46. The summed E-state index contributed by atoms with van der Waals surface area (Å²) in [4.78, 5) is 18.6. The number of nitrogens with zero attached hydrogens (tertiary/aromatic N) is 5. The lowest BCUT2D eigenvalue weighted by atomic mass is 10.2. The van der Waals surface area contributed by atoms with Gasteiger partial charge in [-0.05, 0) is 36.9 Å². The molecule has 0 radical (unpaired) electrons. The van der Waals surface area contributed by atoms with Crippen LogP contribution in [-0.4, -0.2) is 57.0 Å². The number of rotatable bonds is 7. The highest BCUT2D eigenvalue weighted by Gasteiger charge is 2.26. The minimum atomic E-state index is -0.178. The zero-order valence-corrected chi connectivity index (χ0v) is 18.1. The van der Waals surface area contributed by atoms with Crippen LogP contribution < -0.4 is 4.90 Å². The van der Waals surface area contributed by atoms with Gasteiger partial charge in [0.1, 0.15) is 6.33 Å². The molecule has 1 atom stereocenters. The van der Waals surface area contributed by atoms with Crippen LogP contribution in [-0.2, 0) is 17.8 Å². The third-order valence-corrected chi connectivity index (χ3v) is 7.12. The molecule has 0 aliphatic carbocycles. The number of aryl methyl sites for hydroxylation is 2. The fraction of sp³-hybridized carbons (Fsp3) is 0.381. The van der Waals surface area contributed by atoms with Gasteiger partial charge in [0.15, 0.2) is 5.16 Å². The summed E-state index contributed by atoms with van der Waals surface area (Å²) in [6, 6.07) is 14.6. The second-order valence-corrected chi connectivity index (χ2v) is 9.38. The van der Waals surface area contributed by atoms with Crippen LogP contribution in [0.4, 0.5) is 5.69 Å². The molecule has 1 aliphatic heterocycles. The number of piperazine rings is 1. The van der Waals surface area contributed by atoms with Crippen LogP contribution in [0.1, 0.15) is 11.8 Å². The molecule has 0 N–H and O–H groups in total. The third-order valence-electron chi connectivity index (χ3n) is 5.10. The van der Waals surface area contributed by atoms with Crippen LogP contribution in [0.3, 0.4) is 0 Å². The third kappa shape index (κ3) is 5.00. The largest absolute Gasteiger partial charge is 0.368 e. The standard InChI is InChI=1S/C21H25N5OS2/c1-17(29-21-23-22-16-26(21)10-9-19-8-5-15-28-19)20(27)25-13-11-24(12-14-25)18-6-3-2-4-7-18/h2-8,15-17H,9-14H2,1H3/t17-/m1/s1. The van der Waals surface area contributed by atoms with Gasteiger partial charge < -0.3 is 14.4 Å². The van der Waals surface area contributed by atoms with Crippen LogP contribution in [0.2, 0.25) is 0 Å². The number of benzene rings is 1. The summed E-state index contributed by atoms with van der Waals surface area (Å²) in [6.45, 7) is 6.03. The van der Waals surface area contributed by atoms with Gasteiger partial charge in [0.05, 0.1) is 5.25 Å². The minimum Gasteiger partial charge on any atom is -0.368 e. The Morgan fingerprint density at radius 3 is 2.66 bits per heavy atom. The molecule has 1 fully saturated rings. The van der Waals surface area contributed by atoms with E-state index < -0.39 is 0 Å². The van der Waals surface area contributed by atoms with Crippen molar-refractivity contribution in [3.63, 3.8) is 0 Å². The van der Waals surface area contributed by atoms with Crippen molar-refractivity contribution < 1.29 is 4.79 Å². The first-order chi connectivity index (χ1) is 14.2. The van der Waals surface area contributed by atoms with Gasteiger partial charge >= 0.3 is 0 Å². The Kier molecular flexibility index (Phi) is 6.51. The van der Waals surface area contributed by atoms with Gasteiger partial charge in [-0.15, -0.1) is 21.5 Å². The van der Waals surface area contributed by atoms with E-state index in [1.54, 1.807) is 17.7 Å². The molecular weight excluding hydrogens is 402 g/mol. The quantitative estimate of drug-likeness (QED) is 0.541. The Labute approximate surface area is 179 Å². The number of amides is 1. The molecule has 6 nitrogen and oxygen atoms in total. The predicted octanol–water partition coefficient (Wildman–Crippen LogP) is 3.41. The Bertz CT molecular complexity index is 904. The summed E-state index contributed by atoms with van der Waals surface area (Å²) >= 11 is 3.26. The van der Waals surface area contributed by atoms with E-state index in [0.29, 0.717) is 0 Å². The van der Waals surface area contributed by atoms with Crippen LogP contribution in [0.25, 0.3) is 0 Å². The van der Waals surface area contributed by atoms with Crippen molar-refractivity contribution in [2.24, 2.45) is 0 Å². The van der Waals surface area contributed by atoms with Gasteiger partial charge in [-0.25, -0.2) is 0 Å². The Hall–Kier alpha value is -2.32. The van der Waals surface area contributed by atoms with E-state index in [4.69, 9.17) is 0 Å². The fourth-order valence-corrected chi connectivity index (χ4v) is 5.10. The normalized spacial score (nSPS) is 15.5. The number of thiophene rings is 1. The molecule has 0 saturated carbocycles. The predicted molar refractivity (Wildman–Crippen MR) is 119 cm³/mol. The molecule has 4 rings (SSSR count). The van der Waals surface area contributed by atoms with Crippen molar-refractivity contribution in [3.8, 4) is 0 Å². The summed E-state index contributed by atoms with van der Waals surface area (Å²) in [5, 5.41) is 11.0. The molecule has 3 heterocycles. The molecule has 1 amide bonds. The van der Waals surface area contributed by atoms with Gasteiger partial charge in [0.2, 0.25) is 5.91 Å². The van der Waals surface area contributed by atoms with Gasteiger partial charge in [0, 0.05) is 43.3 Å². The monoisotopic (exact) mass is 427 g/mol. The molecule has 1 saturated heterocycles. The highest BCUT2D eigenvalue weighted by Crippen LogP contribution is 2.24. The summed E-state index contributed by atoms with van der Waals surface area (Å²) in [7, 11) is 0. The molecule has 0 unspecified atom stereocenters. The zero-order chi connectivity index (χ0) is 20.1. The average Bonchev–Trinajstić information content (AvgIpc) is 3.44. The number of hydrogen-bond acceptors (Lipinski definition) is 6. The molecule has 152 valence electrons. The van der Waals surface area contributed by atoms with Crippen LogP contribution >= 0.6 is 23.1 Å². The minimum absolute atomic E-state index is 0.176. The summed E-state index contributed by atoms with van der Waals surface area (Å²) in [5.74, 6) is 0.176. The molecule has 0 spiro atoms. The summed E-state index contributed by atoms with van der Waals surface area (Å²) < 4.78 is 2.04.